The van der Waals surface area contributed by atoms with Gasteiger partial charge in [-0.3, -0.25) is 9.48 Å². The van der Waals surface area contributed by atoms with Crippen LogP contribution in [0.5, 0.6) is 0 Å². The third-order valence-electron chi connectivity index (χ3n) is 3.38. The number of alkyl halides is 3. The molecule has 1 atom stereocenters. The molecule has 0 amide bonds. The Morgan fingerprint density at radius 3 is 2.57 bits per heavy atom. The molecule has 1 unspecified atom stereocenters. The van der Waals surface area contributed by atoms with Crippen LogP contribution in [-0.2, 0) is 24.5 Å². The number of aromatic nitrogens is 3. The molecule has 5 nitrogen and oxygen atoms in total. The average Bonchev–Trinajstić information content (AvgIpc) is 2.61. The zero-order valence-corrected chi connectivity index (χ0v) is 12.2. The molecule has 0 spiro atoms. The molecule has 0 aliphatic rings. The number of hydrogen-bond donors (Lipinski definition) is 0. The number of nitrogens with zero attached hydrogens (tertiary/aromatic N) is 3. The molecule has 0 saturated carbocycles. The van der Waals surface area contributed by atoms with Crippen LogP contribution in [0.1, 0.15) is 18.2 Å². The number of methoxy groups -OCH3 is 1. The standard InChI is InChI=1S/C13H16F3N3O2/c1-7-5-9(13(14,15)16)10-11(17-7)18(3)19(12(10)20)6-8(2)21-4/h5,8H,6H2,1-4H3. The minimum atomic E-state index is -4.60. The third-order valence-corrected chi connectivity index (χ3v) is 3.38. The number of halogens is 3. The van der Waals surface area contributed by atoms with Crippen LogP contribution in [0.4, 0.5) is 13.2 Å². The maximum absolute atomic E-state index is 13.1. The van der Waals surface area contributed by atoms with Gasteiger partial charge in [-0.1, -0.05) is 0 Å². The molecule has 0 bridgehead atoms. The normalized spacial score (nSPS) is 13.9. The molecule has 0 aliphatic carbocycles. The Balaban J connectivity index is 2.80. The number of rotatable bonds is 3. The molecule has 0 N–H and O–H groups in total. The quantitative estimate of drug-likeness (QED) is 0.872. The Bertz CT molecular complexity index is 731. The van der Waals surface area contributed by atoms with E-state index >= 15 is 0 Å². The molecular formula is C13H16F3N3O2. The lowest BCUT2D eigenvalue weighted by Gasteiger charge is -2.12. The summed E-state index contributed by atoms with van der Waals surface area (Å²) in [4.78, 5) is 16.4. The fourth-order valence-electron chi connectivity index (χ4n) is 2.23. The maximum atomic E-state index is 13.1. The van der Waals surface area contributed by atoms with Gasteiger partial charge in [-0.05, 0) is 19.9 Å². The van der Waals surface area contributed by atoms with Crippen LogP contribution in [0.15, 0.2) is 10.9 Å². The fourth-order valence-corrected chi connectivity index (χ4v) is 2.23. The van der Waals surface area contributed by atoms with Crippen molar-refractivity contribution in [1.82, 2.24) is 14.3 Å². The lowest BCUT2D eigenvalue weighted by molar-refractivity contribution is -0.136. The van der Waals surface area contributed by atoms with Crippen LogP contribution in [0.3, 0.4) is 0 Å². The van der Waals surface area contributed by atoms with Gasteiger partial charge in [0.2, 0.25) is 0 Å². The highest BCUT2D eigenvalue weighted by Gasteiger charge is 2.36. The fraction of sp³-hybridized carbons (Fsp3) is 0.538. The zero-order chi connectivity index (χ0) is 15.9. The van der Waals surface area contributed by atoms with E-state index in [4.69, 9.17) is 4.74 Å². The van der Waals surface area contributed by atoms with Gasteiger partial charge in [-0.2, -0.15) is 13.2 Å². The van der Waals surface area contributed by atoms with E-state index in [9.17, 15) is 18.0 Å². The highest BCUT2D eigenvalue weighted by atomic mass is 19.4. The predicted octanol–water partition coefficient (Wildman–Crippen LogP) is 2.10. The van der Waals surface area contributed by atoms with Crippen molar-refractivity contribution >= 4 is 11.0 Å². The van der Waals surface area contributed by atoms with Crippen molar-refractivity contribution in [1.29, 1.82) is 0 Å². The van der Waals surface area contributed by atoms with E-state index in [0.29, 0.717) is 0 Å². The van der Waals surface area contributed by atoms with Gasteiger partial charge in [0.25, 0.3) is 5.56 Å². The molecule has 116 valence electrons. The lowest BCUT2D eigenvalue weighted by atomic mass is 10.1. The summed E-state index contributed by atoms with van der Waals surface area (Å²) in [7, 11) is 2.99. The smallest absolute Gasteiger partial charge is 0.380 e. The zero-order valence-electron chi connectivity index (χ0n) is 12.2. The third kappa shape index (κ3) is 2.67. The molecule has 0 saturated heterocycles. The van der Waals surface area contributed by atoms with E-state index in [-0.39, 0.29) is 24.0 Å². The second-order valence-corrected chi connectivity index (χ2v) is 4.96. The van der Waals surface area contributed by atoms with Gasteiger partial charge < -0.3 is 4.74 Å². The van der Waals surface area contributed by atoms with Gasteiger partial charge in [0.1, 0.15) is 0 Å². The lowest BCUT2D eigenvalue weighted by Crippen LogP contribution is -2.28. The summed E-state index contributed by atoms with van der Waals surface area (Å²) in [6, 6.07) is 0.897. The average molecular weight is 303 g/mol. The van der Waals surface area contributed by atoms with E-state index in [1.807, 2.05) is 0 Å². The van der Waals surface area contributed by atoms with Crippen LogP contribution < -0.4 is 5.56 Å². The number of fused-ring (bicyclic) bond motifs is 1. The summed E-state index contributed by atoms with van der Waals surface area (Å²) < 4.78 is 47.0. The molecule has 0 fully saturated rings. The van der Waals surface area contributed by atoms with Crippen molar-refractivity contribution in [3.05, 3.63) is 27.7 Å². The molecule has 2 heterocycles. The van der Waals surface area contributed by atoms with Crippen molar-refractivity contribution in [2.75, 3.05) is 7.11 Å². The van der Waals surface area contributed by atoms with Crippen molar-refractivity contribution in [2.24, 2.45) is 7.05 Å². The number of aryl methyl sites for hydroxylation is 2. The topological polar surface area (TPSA) is 49.1 Å². The summed E-state index contributed by atoms with van der Waals surface area (Å²) in [5, 5.41) is -0.404. The van der Waals surface area contributed by atoms with Crippen LogP contribution in [0.2, 0.25) is 0 Å². The maximum Gasteiger partial charge on any atom is 0.417 e. The molecule has 21 heavy (non-hydrogen) atoms. The van der Waals surface area contributed by atoms with Crippen LogP contribution in [0, 0.1) is 6.92 Å². The van der Waals surface area contributed by atoms with E-state index < -0.39 is 22.7 Å². The largest absolute Gasteiger partial charge is 0.417 e. The minimum Gasteiger partial charge on any atom is -0.380 e. The van der Waals surface area contributed by atoms with E-state index in [1.54, 1.807) is 6.92 Å². The molecule has 2 rings (SSSR count). The first-order valence-electron chi connectivity index (χ1n) is 6.34. The number of hydrogen-bond acceptors (Lipinski definition) is 3. The van der Waals surface area contributed by atoms with Gasteiger partial charge in [-0.15, -0.1) is 0 Å². The second kappa shape index (κ2) is 5.18. The Hall–Kier alpha value is -1.83. The number of pyridine rings is 1. The first-order chi connectivity index (χ1) is 9.66. The predicted molar refractivity (Wildman–Crippen MR) is 71.2 cm³/mol. The van der Waals surface area contributed by atoms with Crippen LogP contribution in [-0.4, -0.2) is 27.6 Å². The summed E-state index contributed by atoms with van der Waals surface area (Å²) in [5.41, 5.74) is -1.43. The Morgan fingerprint density at radius 2 is 2.05 bits per heavy atom. The number of ether oxygens (including phenoxy) is 1. The minimum absolute atomic E-state index is 0.0237. The molecule has 0 radical (unpaired) electrons. The highest BCUT2D eigenvalue weighted by Crippen LogP contribution is 2.33. The van der Waals surface area contributed by atoms with Crippen molar-refractivity contribution < 1.29 is 17.9 Å². The summed E-state index contributed by atoms with van der Waals surface area (Å²) in [6.07, 6.45) is -4.90. The summed E-state index contributed by atoms with van der Waals surface area (Å²) in [5.74, 6) is 0. The second-order valence-electron chi connectivity index (χ2n) is 4.96. The van der Waals surface area contributed by atoms with Gasteiger partial charge in [0.15, 0.2) is 5.65 Å². The molecule has 0 aliphatic heterocycles. The van der Waals surface area contributed by atoms with Gasteiger partial charge in [-0.25, -0.2) is 9.67 Å². The monoisotopic (exact) mass is 303 g/mol. The van der Waals surface area contributed by atoms with Crippen LogP contribution in [0.25, 0.3) is 11.0 Å². The van der Waals surface area contributed by atoms with Gasteiger partial charge in [0, 0.05) is 19.9 Å². The van der Waals surface area contributed by atoms with Gasteiger partial charge in [0.05, 0.1) is 23.6 Å². The highest BCUT2D eigenvalue weighted by molar-refractivity contribution is 5.79. The Kier molecular flexibility index (Phi) is 3.83. The van der Waals surface area contributed by atoms with Crippen molar-refractivity contribution in [3.63, 3.8) is 0 Å². The van der Waals surface area contributed by atoms with E-state index in [0.717, 1.165) is 6.07 Å². The Labute approximate surface area is 118 Å². The molecule has 8 heteroatoms. The molecule has 2 aromatic heterocycles. The SMILES string of the molecule is COC(C)Cn1c(=O)c2c(C(F)(F)F)cc(C)nc2n1C. The first kappa shape index (κ1) is 15.6. The first-order valence-corrected chi connectivity index (χ1v) is 6.34. The molecule has 2 aromatic rings. The molecular weight excluding hydrogens is 287 g/mol. The van der Waals surface area contributed by atoms with E-state index in [1.165, 1.54) is 30.4 Å². The summed E-state index contributed by atoms with van der Waals surface area (Å²) >= 11 is 0. The van der Waals surface area contributed by atoms with Gasteiger partial charge >= 0.3 is 6.18 Å². The van der Waals surface area contributed by atoms with Crippen molar-refractivity contribution in [2.45, 2.75) is 32.7 Å². The van der Waals surface area contributed by atoms with Crippen molar-refractivity contribution in [3.8, 4) is 0 Å². The van der Waals surface area contributed by atoms with E-state index in [2.05, 4.69) is 4.98 Å². The molecule has 0 aromatic carbocycles. The van der Waals surface area contributed by atoms with Crippen LogP contribution >= 0.6 is 0 Å². The summed E-state index contributed by atoms with van der Waals surface area (Å²) in [6.45, 7) is 3.35. The Morgan fingerprint density at radius 1 is 1.43 bits per heavy atom.